The molecule has 3 rings (SSSR count). The molecule has 5 heteroatoms. The maximum atomic E-state index is 13.0. The molecule has 1 N–H and O–H groups in total. The molecule has 1 aliphatic rings. The van der Waals surface area contributed by atoms with E-state index in [0.29, 0.717) is 19.4 Å². The third kappa shape index (κ3) is 7.81. The Bertz CT molecular complexity index is 1050. The summed E-state index contributed by atoms with van der Waals surface area (Å²) < 4.78 is 10.3. The lowest BCUT2D eigenvalue weighted by Gasteiger charge is -2.20. The molecular weight excluding hydrogens is 440 g/mol. The number of hydrogen-bond donors (Lipinski definition) is 1. The van der Waals surface area contributed by atoms with Gasteiger partial charge in [-0.3, -0.25) is 4.79 Å². The summed E-state index contributed by atoms with van der Waals surface area (Å²) in [6, 6.07) is 18.2. The number of ketones is 1. The Balaban J connectivity index is 1.64. The van der Waals surface area contributed by atoms with Crippen LogP contribution in [0.4, 0.5) is 0 Å². The Labute approximate surface area is 207 Å². The van der Waals surface area contributed by atoms with Crippen LogP contribution in [-0.4, -0.2) is 36.7 Å². The molecule has 0 saturated heterocycles. The first kappa shape index (κ1) is 26.2. The maximum Gasteiger partial charge on any atom is 0.335 e. The van der Waals surface area contributed by atoms with Gasteiger partial charge in [-0.05, 0) is 61.4 Å². The molecule has 0 bridgehead atoms. The van der Waals surface area contributed by atoms with Crippen molar-refractivity contribution in [2.24, 2.45) is 11.8 Å². The van der Waals surface area contributed by atoms with Crippen molar-refractivity contribution in [3.8, 4) is 5.75 Å². The summed E-state index contributed by atoms with van der Waals surface area (Å²) in [6.45, 7) is 2.62. The molecule has 0 aromatic heterocycles. The number of allylic oxidation sites excluding steroid dienone is 1. The monoisotopic (exact) mass is 474 g/mol. The molecule has 1 aliphatic carbocycles. The zero-order valence-corrected chi connectivity index (χ0v) is 20.4. The van der Waals surface area contributed by atoms with Gasteiger partial charge in [-0.1, -0.05) is 60.2 Å². The average molecular weight is 475 g/mol. The van der Waals surface area contributed by atoms with E-state index in [2.05, 4.69) is 34.8 Å². The molecule has 5 nitrogen and oxygen atoms in total. The lowest BCUT2D eigenvalue weighted by molar-refractivity contribution is -0.150. The van der Waals surface area contributed by atoms with Gasteiger partial charge >= 0.3 is 5.97 Å². The Kier molecular flexibility index (Phi) is 10.1. The van der Waals surface area contributed by atoms with E-state index in [1.807, 2.05) is 55.5 Å². The van der Waals surface area contributed by atoms with Gasteiger partial charge in [0.25, 0.3) is 0 Å². The number of rotatable bonds is 11. The second-order valence-corrected chi connectivity index (χ2v) is 8.84. The van der Waals surface area contributed by atoms with Gasteiger partial charge in [0.2, 0.25) is 0 Å². The normalized spacial score (nSPS) is 20.3. The van der Waals surface area contributed by atoms with Crippen LogP contribution in [0.2, 0.25) is 0 Å². The van der Waals surface area contributed by atoms with Gasteiger partial charge in [0.05, 0.1) is 13.7 Å². The molecule has 2 aromatic rings. The van der Waals surface area contributed by atoms with E-state index in [4.69, 9.17) is 4.74 Å². The first-order valence-corrected chi connectivity index (χ1v) is 12.1. The highest BCUT2D eigenvalue weighted by atomic mass is 16.5. The topological polar surface area (TPSA) is 72.8 Å². The fourth-order valence-electron chi connectivity index (χ4n) is 4.42. The Morgan fingerprint density at radius 3 is 2.60 bits per heavy atom. The van der Waals surface area contributed by atoms with Crippen LogP contribution in [0.5, 0.6) is 5.75 Å². The minimum absolute atomic E-state index is 0.0861. The summed E-state index contributed by atoms with van der Waals surface area (Å²) in [5.74, 6) is 0.521. The highest BCUT2D eigenvalue weighted by molar-refractivity contribution is 5.85. The lowest BCUT2D eigenvalue weighted by atomic mass is 9.83. The van der Waals surface area contributed by atoms with Gasteiger partial charge in [0.1, 0.15) is 11.5 Å². The minimum Gasteiger partial charge on any atom is -0.493 e. The van der Waals surface area contributed by atoms with Crippen molar-refractivity contribution in [3.63, 3.8) is 0 Å². The second-order valence-electron chi connectivity index (χ2n) is 8.84. The van der Waals surface area contributed by atoms with E-state index < -0.39 is 12.1 Å². The quantitative estimate of drug-likeness (QED) is 0.206. The number of aliphatic hydroxyl groups is 1. The molecule has 1 saturated carbocycles. The average Bonchev–Trinajstić information content (AvgIpc) is 3.19. The highest BCUT2D eigenvalue weighted by Gasteiger charge is 2.40. The standard InChI is InChI=1S/C30H34O5/c1-22-16-18-24(19-17-22)35-20-10-9-13-25-26(14-7-4-8-15-28(31)30(33)34-2)29(32)21-27(25)23-11-5-3-6-12-23/h3,5-9,11-13,16-19,25-28,31H,10,14-15,20-21H2,1-2H3/b13-9+/t4?,25-,26-,27+,28?/m1/s1. The number of benzene rings is 2. The lowest BCUT2D eigenvalue weighted by Crippen LogP contribution is -2.20. The zero-order valence-electron chi connectivity index (χ0n) is 20.4. The van der Waals surface area contributed by atoms with Crippen molar-refractivity contribution in [2.45, 2.75) is 44.6 Å². The van der Waals surface area contributed by atoms with Crippen LogP contribution in [0.1, 0.15) is 42.7 Å². The van der Waals surface area contributed by atoms with E-state index in [0.717, 1.165) is 12.2 Å². The van der Waals surface area contributed by atoms with Gasteiger partial charge < -0.3 is 14.6 Å². The summed E-state index contributed by atoms with van der Waals surface area (Å²) in [4.78, 5) is 24.2. The summed E-state index contributed by atoms with van der Waals surface area (Å²) in [5.41, 5.74) is 5.38. The molecule has 0 amide bonds. The number of methoxy groups -OCH3 is 1. The van der Waals surface area contributed by atoms with Crippen LogP contribution in [-0.2, 0) is 14.3 Å². The number of Topliss-reactive ketones (excluding diaryl/α,β-unsaturated/α-hetero) is 1. The fourth-order valence-corrected chi connectivity index (χ4v) is 4.42. The predicted molar refractivity (Wildman–Crippen MR) is 136 cm³/mol. The molecule has 1 unspecified atom stereocenters. The van der Waals surface area contributed by atoms with Crippen molar-refractivity contribution in [1.82, 2.24) is 0 Å². The molecule has 35 heavy (non-hydrogen) atoms. The van der Waals surface area contributed by atoms with Crippen LogP contribution >= 0.6 is 0 Å². The molecule has 1 fully saturated rings. The van der Waals surface area contributed by atoms with Crippen molar-refractivity contribution >= 4 is 11.8 Å². The molecule has 0 spiro atoms. The van der Waals surface area contributed by atoms with Gasteiger partial charge in [-0.25, -0.2) is 4.79 Å². The third-order valence-corrected chi connectivity index (χ3v) is 6.35. The van der Waals surface area contributed by atoms with Crippen LogP contribution in [0.15, 0.2) is 84.6 Å². The van der Waals surface area contributed by atoms with Crippen molar-refractivity contribution < 1.29 is 24.2 Å². The van der Waals surface area contributed by atoms with Crippen LogP contribution in [0.25, 0.3) is 0 Å². The number of hydrogen-bond acceptors (Lipinski definition) is 5. The molecule has 2 aromatic carbocycles. The molecule has 184 valence electrons. The Hall–Kier alpha value is -3.40. The van der Waals surface area contributed by atoms with E-state index >= 15 is 0 Å². The van der Waals surface area contributed by atoms with Gasteiger partial charge in [-0.15, -0.1) is 5.73 Å². The van der Waals surface area contributed by atoms with Crippen LogP contribution in [0, 0.1) is 18.8 Å². The molecule has 0 heterocycles. The first-order chi connectivity index (χ1) is 17.0. The number of carbonyl (C=O) groups is 2. The Morgan fingerprint density at radius 1 is 1.14 bits per heavy atom. The number of aliphatic hydroxyl groups excluding tert-OH is 1. The third-order valence-electron chi connectivity index (χ3n) is 6.35. The Morgan fingerprint density at radius 2 is 1.89 bits per heavy atom. The summed E-state index contributed by atoms with van der Waals surface area (Å²) in [7, 11) is 1.24. The summed E-state index contributed by atoms with van der Waals surface area (Å²) >= 11 is 0. The number of ether oxygens (including phenoxy) is 2. The molecule has 0 aliphatic heterocycles. The van der Waals surface area contributed by atoms with Crippen molar-refractivity contribution in [1.29, 1.82) is 0 Å². The first-order valence-electron chi connectivity index (χ1n) is 12.1. The van der Waals surface area contributed by atoms with Gasteiger partial charge in [-0.2, -0.15) is 0 Å². The molecule has 0 radical (unpaired) electrons. The number of aryl methyl sites for hydroxylation is 1. The second kappa shape index (κ2) is 13.5. The van der Waals surface area contributed by atoms with Crippen LogP contribution in [0.3, 0.4) is 0 Å². The van der Waals surface area contributed by atoms with Crippen molar-refractivity contribution in [2.75, 3.05) is 13.7 Å². The molecule has 4 atom stereocenters. The van der Waals surface area contributed by atoms with E-state index in [1.54, 1.807) is 6.08 Å². The van der Waals surface area contributed by atoms with E-state index in [-0.39, 0.29) is 30.0 Å². The zero-order chi connectivity index (χ0) is 25.0. The van der Waals surface area contributed by atoms with Crippen LogP contribution < -0.4 is 4.74 Å². The van der Waals surface area contributed by atoms with Crippen molar-refractivity contribution in [3.05, 3.63) is 95.8 Å². The fraction of sp³-hybridized carbons (Fsp3) is 0.367. The largest absolute Gasteiger partial charge is 0.493 e. The summed E-state index contributed by atoms with van der Waals surface area (Å²) in [5, 5.41) is 9.67. The van der Waals surface area contributed by atoms with E-state index in [9.17, 15) is 14.7 Å². The van der Waals surface area contributed by atoms with Gasteiger partial charge in [0.15, 0.2) is 6.10 Å². The number of esters is 1. The summed E-state index contributed by atoms with van der Waals surface area (Å²) in [6.07, 6.45) is 8.46. The van der Waals surface area contributed by atoms with Gasteiger partial charge in [0, 0.05) is 18.8 Å². The SMILES string of the molecule is COC(=O)C(O)CC=C=CC[C@H]1C(=O)C[C@@H](c2ccccc2)[C@@H]1/C=C/CCOc1ccc(C)cc1. The smallest absolute Gasteiger partial charge is 0.335 e. The highest BCUT2D eigenvalue weighted by Crippen LogP contribution is 2.44. The minimum atomic E-state index is -1.20. The molecular formula is C30H34O5. The predicted octanol–water partition coefficient (Wildman–Crippen LogP) is 5.33. The van der Waals surface area contributed by atoms with E-state index in [1.165, 1.54) is 18.2 Å². The number of carbonyl (C=O) groups excluding carboxylic acids is 2. The maximum absolute atomic E-state index is 13.0.